The molecule has 0 atom stereocenters. The van der Waals surface area contributed by atoms with Gasteiger partial charge in [0.2, 0.25) is 0 Å². The molecule has 0 spiro atoms. The predicted molar refractivity (Wildman–Crippen MR) is 63.7 cm³/mol. The van der Waals surface area contributed by atoms with Gasteiger partial charge in [0.25, 0.3) is 0 Å². The molecule has 106 valence electrons. The number of hydroxylamine groups is 1. The van der Waals surface area contributed by atoms with Crippen LogP contribution < -0.4 is 10.2 Å². The molecule has 0 saturated heterocycles. The van der Waals surface area contributed by atoms with Gasteiger partial charge in [0.1, 0.15) is 11.4 Å². The van der Waals surface area contributed by atoms with Crippen LogP contribution in [0.1, 0.15) is 25.0 Å². The number of benzene rings is 1. The van der Waals surface area contributed by atoms with Gasteiger partial charge in [-0.1, -0.05) is 18.2 Å². The zero-order valence-electron chi connectivity index (χ0n) is 10.8. The molecule has 0 bridgehead atoms. The van der Waals surface area contributed by atoms with E-state index >= 15 is 0 Å². The van der Waals surface area contributed by atoms with Gasteiger partial charge in [-0.25, -0.2) is 0 Å². The number of fused-ring (bicyclic) bond motifs is 1. The molecule has 0 aliphatic carbocycles. The van der Waals surface area contributed by atoms with Gasteiger partial charge in [0.05, 0.1) is 0 Å². The van der Waals surface area contributed by atoms with Gasteiger partial charge in [0, 0.05) is 18.5 Å². The van der Waals surface area contributed by atoms with E-state index in [1.54, 1.807) is 0 Å². The molecule has 0 radical (unpaired) electrons. The van der Waals surface area contributed by atoms with Gasteiger partial charge >= 0.3 is 6.18 Å². The van der Waals surface area contributed by atoms with Crippen LogP contribution in [0, 0.1) is 0 Å². The summed E-state index contributed by atoms with van der Waals surface area (Å²) >= 11 is 0. The summed E-state index contributed by atoms with van der Waals surface area (Å²) in [4.78, 5) is 4.38. The molecule has 3 nitrogen and oxygen atoms in total. The van der Waals surface area contributed by atoms with Crippen LogP contribution >= 0.6 is 0 Å². The van der Waals surface area contributed by atoms with Crippen molar-refractivity contribution in [1.82, 2.24) is 5.48 Å². The van der Waals surface area contributed by atoms with Crippen LogP contribution in [-0.4, -0.2) is 18.4 Å². The minimum Gasteiger partial charge on any atom is -0.487 e. The summed E-state index contributed by atoms with van der Waals surface area (Å²) in [5, 5.41) is 0. The molecule has 1 aromatic carbocycles. The molecule has 0 fully saturated rings. The van der Waals surface area contributed by atoms with Crippen LogP contribution in [0.15, 0.2) is 18.2 Å². The fraction of sp³-hybridized carbons (Fsp3) is 0.538. The topological polar surface area (TPSA) is 30.5 Å². The lowest BCUT2D eigenvalue weighted by molar-refractivity contribution is -0.190. The summed E-state index contributed by atoms with van der Waals surface area (Å²) in [6.45, 7) is 2.82. The number of ether oxygens (including phenoxy) is 1. The highest BCUT2D eigenvalue weighted by molar-refractivity contribution is 5.45. The lowest BCUT2D eigenvalue weighted by atomic mass is 10.0. The van der Waals surface area contributed by atoms with Gasteiger partial charge < -0.3 is 4.74 Å². The van der Waals surface area contributed by atoms with Gasteiger partial charge in [-0.05, 0) is 19.4 Å². The smallest absolute Gasteiger partial charge is 0.413 e. The van der Waals surface area contributed by atoms with Gasteiger partial charge in [-0.3, -0.25) is 4.84 Å². The van der Waals surface area contributed by atoms with E-state index in [0.717, 1.165) is 23.3 Å². The van der Waals surface area contributed by atoms with Crippen molar-refractivity contribution >= 4 is 0 Å². The standard InChI is InChI=1S/C13H16F3NO2/c1-12(2)6-9-4-3-5-10(11(9)19-12)7-17-18-8-13(14,15)16/h3-5,17H,6-8H2,1-2H3. The summed E-state index contributed by atoms with van der Waals surface area (Å²) in [6.07, 6.45) is -3.54. The molecule has 1 N–H and O–H groups in total. The highest BCUT2D eigenvalue weighted by Crippen LogP contribution is 2.37. The maximum absolute atomic E-state index is 11.9. The Kier molecular flexibility index (Phi) is 3.73. The van der Waals surface area contributed by atoms with Crippen molar-refractivity contribution < 1.29 is 22.7 Å². The van der Waals surface area contributed by atoms with E-state index in [4.69, 9.17) is 4.74 Å². The first-order valence-electron chi connectivity index (χ1n) is 5.98. The van der Waals surface area contributed by atoms with E-state index in [2.05, 4.69) is 10.3 Å². The molecule has 1 aliphatic heterocycles. The number of nitrogens with one attached hydrogen (secondary N) is 1. The average molecular weight is 275 g/mol. The van der Waals surface area contributed by atoms with E-state index in [0.29, 0.717) is 0 Å². The minimum atomic E-state index is -4.33. The fourth-order valence-electron chi connectivity index (χ4n) is 2.08. The Balaban J connectivity index is 1.94. The monoisotopic (exact) mass is 275 g/mol. The third-order valence-electron chi connectivity index (χ3n) is 2.77. The van der Waals surface area contributed by atoms with E-state index in [1.165, 1.54) is 0 Å². The molecule has 0 saturated carbocycles. The maximum atomic E-state index is 11.9. The van der Waals surface area contributed by atoms with Crippen molar-refractivity contribution in [3.05, 3.63) is 29.3 Å². The number of alkyl halides is 3. The number of hydrogen-bond donors (Lipinski definition) is 1. The van der Waals surface area contributed by atoms with E-state index in [-0.39, 0.29) is 12.1 Å². The van der Waals surface area contributed by atoms with Crippen molar-refractivity contribution in [1.29, 1.82) is 0 Å². The lowest BCUT2D eigenvalue weighted by Gasteiger charge is -2.18. The highest BCUT2D eigenvalue weighted by atomic mass is 19.4. The molecule has 2 rings (SSSR count). The zero-order valence-corrected chi connectivity index (χ0v) is 10.8. The fourth-order valence-corrected chi connectivity index (χ4v) is 2.08. The summed E-state index contributed by atoms with van der Waals surface area (Å²) in [5.74, 6) is 0.746. The second-order valence-electron chi connectivity index (χ2n) is 5.17. The lowest BCUT2D eigenvalue weighted by Crippen LogP contribution is -2.26. The summed E-state index contributed by atoms with van der Waals surface area (Å²) in [5.41, 5.74) is 3.91. The van der Waals surface area contributed by atoms with Crippen molar-refractivity contribution in [3.8, 4) is 5.75 Å². The van der Waals surface area contributed by atoms with Crippen molar-refractivity contribution in [2.45, 2.75) is 38.6 Å². The van der Waals surface area contributed by atoms with Gasteiger partial charge in [0.15, 0.2) is 6.61 Å². The van der Waals surface area contributed by atoms with Crippen LogP contribution in [0.4, 0.5) is 13.2 Å². The molecule has 1 aliphatic rings. The molecule has 19 heavy (non-hydrogen) atoms. The summed E-state index contributed by atoms with van der Waals surface area (Å²) in [6, 6.07) is 5.64. The van der Waals surface area contributed by atoms with Crippen molar-refractivity contribution in [3.63, 3.8) is 0 Å². The van der Waals surface area contributed by atoms with E-state index in [1.807, 2.05) is 32.0 Å². The second kappa shape index (κ2) is 5.02. The van der Waals surface area contributed by atoms with Crippen LogP contribution in [-0.2, 0) is 17.8 Å². The van der Waals surface area contributed by atoms with Crippen LogP contribution in [0.2, 0.25) is 0 Å². The Morgan fingerprint density at radius 1 is 1.37 bits per heavy atom. The molecular weight excluding hydrogens is 259 g/mol. The second-order valence-corrected chi connectivity index (χ2v) is 5.17. The quantitative estimate of drug-likeness (QED) is 0.677. The normalized spacial score (nSPS) is 17.1. The van der Waals surface area contributed by atoms with Crippen LogP contribution in [0.5, 0.6) is 5.75 Å². The van der Waals surface area contributed by atoms with Crippen LogP contribution in [0.25, 0.3) is 0 Å². The first kappa shape index (κ1) is 14.1. The largest absolute Gasteiger partial charge is 0.487 e. The maximum Gasteiger partial charge on any atom is 0.413 e. The first-order chi connectivity index (χ1) is 8.77. The third-order valence-corrected chi connectivity index (χ3v) is 2.77. The molecular formula is C13H16F3NO2. The Labute approximate surface area is 109 Å². The van der Waals surface area contributed by atoms with Crippen LogP contribution in [0.3, 0.4) is 0 Å². The number of rotatable bonds is 4. The Bertz CT molecular complexity index is 458. The number of hydrogen-bond acceptors (Lipinski definition) is 3. The number of halogens is 3. The first-order valence-corrected chi connectivity index (χ1v) is 5.98. The van der Waals surface area contributed by atoms with E-state index in [9.17, 15) is 13.2 Å². The van der Waals surface area contributed by atoms with Gasteiger partial charge in [-0.15, -0.1) is 0 Å². The zero-order chi connectivity index (χ0) is 14.1. The molecule has 0 unspecified atom stereocenters. The van der Waals surface area contributed by atoms with Crippen molar-refractivity contribution in [2.75, 3.05) is 6.61 Å². The average Bonchev–Trinajstić information content (AvgIpc) is 2.57. The van der Waals surface area contributed by atoms with E-state index < -0.39 is 12.8 Å². The predicted octanol–water partition coefficient (Wildman–Crippen LogP) is 2.98. The Hall–Kier alpha value is -1.27. The van der Waals surface area contributed by atoms with Crippen molar-refractivity contribution in [2.24, 2.45) is 0 Å². The molecule has 1 heterocycles. The third kappa shape index (κ3) is 3.84. The summed E-state index contributed by atoms with van der Waals surface area (Å²) in [7, 11) is 0. The highest BCUT2D eigenvalue weighted by Gasteiger charge is 2.31. The Morgan fingerprint density at radius 2 is 2.11 bits per heavy atom. The minimum absolute atomic E-state index is 0.176. The summed E-state index contributed by atoms with van der Waals surface area (Å²) < 4.78 is 41.5. The molecule has 0 aromatic heterocycles. The molecule has 0 amide bonds. The molecule has 6 heteroatoms. The van der Waals surface area contributed by atoms with Gasteiger partial charge in [-0.2, -0.15) is 18.7 Å². The molecule has 1 aromatic rings. The SMILES string of the molecule is CC1(C)Cc2cccc(CNOCC(F)(F)F)c2O1. The Morgan fingerprint density at radius 3 is 2.79 bits per heavy atom. The number of para-hydroxylation sites is 1.